The largest absolute Gasteiger partial charge is 0.497 e. The predicted molar refractivity (Wildman–Crippen MR) is 88.3 cm³/mol. The fourth-order valence-electron chi connectivity index (χ4n) is 3.44. The number of hydrogen-bond acceptors (Lipinski definition) is 4. The van der Waals surface area contributed by atoms with Crippen molar-refractivity contribution in [3.63, 3.8) is 0 Å². The Morgan fingerprint density at radius 1 is 1.24 bits per heavy atom. The highest BCUT2D eigenvalue weighted by molar-refractivity contribution is 8.00. The second-order valence-electron chi connectivity index (χ2n) is 5.86. The zero-order chi connectivity index (χ0) is 14.7. The van der Waals surface area contributed by atoms with E-state index in [1.165, 1.54) is 30.4 Å². The lowest BCUT2D eigenvalue weighted by Gasteiger charge is -2.36. The number of rotatable bonds is 4. The van der Waals surface area contributed by atoms with Crippen molar-refractivity contribution in [2.45, 2.75) is 42.2 Å². The third-order valence-corrected chi connectivity index (χ3v) is 6.32. The number of methoxy groups -OCH3 is 1. The van der Waals surface area contributed by atoms with Gasteiger partial charge in [0.2, 0.25) is 0 Å². The molecular weight excluding hydrogens is 282 g/mol. The molecule has 1 fully saturated rings. The standard InChI is InChI=1S/C17H25NO2S/c1-18-17-15-5-4-13(19-2)11-12(15)3-6-16(17)21-14-7-9-20-10-8-14/h4-5,11,14,16-18H,3,6-10H2,1-2H3. The lowest BCUT2D eigenvalue weighted by Crippen LogP contribution is -2.34. The Morgan fingerprint density at radius 2 is 2.05 bits per heavy atom. The Kier molecular flexibility index (Phi) is 5.09. The van der Waals surface area contributed by atoms with Crippen LogP contribution in [-0.4, -0.2) is 37.9 Å². The molecule has 0 amide bonds. The molecule has 0 saturated carbocycles. The third-order valence-electron chi connectivity index (χ3n) is 4.60. The van der Waals surface area contributed by atoms with Gasteiger partial charge in [-0.25, -0.2) is 0 Å². The van der Waals surface area contributed by atoms with Crippen molar-refractivity contribution in [3.05, 3.63) is 29.3 Å². The summed E-state index contributed by atoms with van der Waals surface area (Å²) in [5.74, 6) is 0.971. The number of ether oxygens (including phenoxy) is 2. The van der Waals surface area contributed by atoms with Gasteiger partial charge in [0.25, 0.3) is 0 Å². The Labute approximate surface area is 131 Å². The van der Waals surface area contributed by atoms with Crippen LogP contribution in [0.2, 0.25) is 0 Å². The quantitative estimate of drug-likeness (QED) is 0.925. The molecule has 2 unspecified atom stereocenters. The van der Waals surface area contributed by atoms with Crippen LogP contribution < -0.4 is 10.1 Å². The highest BCUT2D eigenvalue weighted by Crippen LogP contribution is 2.41. The maximum absolute atomic E-state index is 5.48. The van der Waals surface area contributed by atoms with Crippen LogP contribution in [0.25, 0.3) is 0 Å². The first-order valence-corrected chi connectivity index (χ1v) is 8.83. The molecule has 1 saturated heterocycles. The normalized spacial score (nSPS) is 26.4. The molecular formula is C17H25NO2S. The van der Waals surface area contributed by atoms with Gasteiger partial charge in [-0.15, -0.1) is 0 Å². The molecule has 0 radical (unpaired) electrons. The Balaban J connectivity index is 1.74. The summed E-state index contributed by atoms with van der Waals surface area (Å²) in [7, 11) is 3.82. The Morgan fingerprint density at radius 3 is 2.76 bits per heavy atom. The first-order chi connectivity index (χ1) is 10.3. The maximum Gasteiger partial charge on any atom is 0.119 e. The molecule has 1 aliphatic heterocycles. The van der Waals surface area contributed by atoms with E-state index < -0.39 is 0 Å². The van der Waals surface area contributed by atoms with Crippen LogP contribution in [0, 0.1) is 0 Å². The van der Waals surface area contributed by atoms with Crippen LogP contribution in [0.5, 0.6) is 5.75 Å². The minimum Gasteiger partial charge on any atom is -0.497 e. The summed E-state index contributed by atoms with van der Waals surface area (Å²) < 4.78 is 10.8. The number of benzene rings is 1. The fraction of sp³-hybridized carbons (Fsp3) is 0.647. The fourth-order valence-corrected chi connectivity index (χ4v) is 5.09. The number of aryl methyl sites for hydroxylation is 1. The van der Waals surface area contributed by atoms with E-state index in [2.05, 4.69) is 42.3 Å². The molecule has 3 rings (SSSR count). The predicted octanol–water partition coefficient (Wildman–Crippen LogP) is 3.18. The molecule has 0 spiro atoms. The van der Waals surface area contributed by atoms with Crippen LogP contribution in [0.3, 0.4) is 0 Å². The van der Waals surface area contributed by atoms with Gasteiger partial charge < -0.3 is 14.8 Å². The van der Waals surface area contributed by atoms with E-state index in [0.29, 0.717) is 11.3 Å². The smallest absolute Gasteiger partial charge is 0.119 e. The second kappa shape index (κ2) is 7.03. The van der Waals surface area contributed by atoms with Crippen molar-refractivity contribution >= 4 is 11.8 Å². The van der Waals surface area contributed by atoms with Crippen LogP contribution in [-0.2, 0) is 11.2 Å². The van der Waals surface area contributed by atoms with E-state index >= 15 is 0 Å². The molecule has 0 aromatic heterocycles. The Bertz CT molecular complexity index is 474. The Hall–Kier alpha value is -0.710. The van der Waals surface area contributed by atoms with Crippen LogP contribution in [0.4, 0.5) is 0 Å². The van der Waals surface area contributed by atoms with E-state index in [1.807, 2.05) is 0 Å². The van der Waals surface area contributed by atoms with Crippen molar-refractivity contribution in [1.29, 1.82) is 0 Å². The summed E-state index contributed by atoms with van der Waals surface area (Å²) in [5, 5.41) is 4.97. The number of nitrogens with one attached hydrogen (secondary N) is 1. The molecule has 1 aromatic rings. The number of hydrogen-bond donors (Lipinski definition) is 1. The second-order valence-corrected chi connectivity index (χ2v) is 7.40. The van der Waals surface area contributed by atoms with E-state index in [9.17, 15) is 0 Å². The first-order valence-electron chi connectivity index (χ1n) is 7.89. The van der Waals surface area contributed by atoms with Gasteiger partial charge in [0.15, 0.2) is 0 Å². The minimum absolute atomic E-state index is 0.451. The van der Waals surface area contributed by atoms with Crippen molar-refractivity contribution in [3.8, 4) is 5.75 Å². The molecule has 1 heterocycles. The summed E-state index contributed by atoms with van der Waals surface area (Å²) in [4.78, 5) is 0. The van der Waals surface area contributed by atoms with E-state index in [0.717, 1.165) is 30.6 Å². The van der Waals surface area contributed by atoms with Gasteiger partial charge in [-0.2, -0.15) is 11.8 Å². The molecule has 21 heavy (non-hydrogen) atoms. The molecule has 1 aromatic carbocycles. The average molecular weight is 307 g/mol. The van der Waals surface area contributed by atoms with Gasteiger partial charge in [0, 0.05) is 29.8 Å². The van der Waals surface area contributed by atoms with Crippen LogP contribution in [0.15, 0.2) is 18.2 Å². The van der Waals surface area contributed by atoms with E-state index in [-0.39, 0.29) is 0 Å². The molecule has 2 atom stereocenters. The molecule has 1 N–H and O–H groups in total. The molecule has 116 valence electrons. The summed E-state index contributed by atoms with van der Waals surface area (Å²) in [6, 6.07) is 6.98. The van der Waals surface area contributed by atoms with Gasteiger partial charge in [0.1, 0.15) is 5.75 Å². The zero-order valence-corrected chi connectivity index (χ0v) is 13.7. The molecule has 0 bridgehead atoms. The summed E-state index contributed by atoms with van der Waals surface area (Å²) >= 11 is 2.17. The van der Waals surface area contributed by atoms with Crippen LogP contribution >= 0.6 is 11.8 Å². The van der Waals surface area contributed by atoms with Gasteiger partial charge in [-0.1, -0.05) is 6.07 Å². The van der Waals surface area contributed by atoms with Crippen LogP contribution in [0.1, 0.15) is 36.4 Å². The molecule has 3 nitrogen and oxygen atoms in total. The lowest BCUT2D eigenvalue weighted by molar-refractivity contribution is 0.0998. The molecule has 1 aliphatic carbocycles. The average Bonchev–Trinajstić information content (AvgIpc) is 2.55. The number of fused-ring (bicyclic) bond motifs is 1. The first kappa shape index (κ1) is 15.2. The van der Waals surface area contributed by atoms with E-state index in [4.69, 9.17) is 9.47 Å². The van der Waals surface area contributed by atoms with Crippen molar-refractivity contribution in [1.82, 2.24) is 5.32 Å². The highest BCUT2D eigenvalue weighted by atomic mass is 32.2. The maximum atomic E-state index is 5.48. The molecule has 2 aliphatic rings. The summed E-state index contributed by atoms with van der Waals surface area (Å²) in [6.07, 6.45) is 4.80. The monoisotopic (exact) mass is 307 g/mol. The van der Waals surface area contributed by atoms with Gasteiger partial charge in [0.05, 0.1) is 7.11 Å². The third kappa shape index (κ3) is 3.38. The van der Waals surface area contributed by atoms with E-state index in [1.54, 1.807) is 7.11 Å². The van der Waals surface area contributed by atoms with Crippen molar-refractivity contribution < 1.29 is 9.47 Å². The van der Waals surface area contributed by atoms with Gasteiger partial charge in [-0.05, 0) is 56.0 Å². The van der Waals surface area contributed by atoms with Gasteiger partial charge in [-0.3, -0.25) is 0 Å². The highest BCUT2D eigenvalue weighted by Gasteiger charge is 2.31. The lowest BCUT2D eigenvalue weighted by atomic mass is 9.87. The minimum atomic E-state index is 0.451. The SMILES string of the molecule is CNC1c2ccc(OC)cc2CCC1SC1CCOCC1. The zero-order valence-electron chi connectivity index (χ0n) is 12.9. The van der Waals surface area contributed by atoms with Crippen molar-refractivity contribution in [2.24, 2.45) is 0 Å². The summed E-state index contributed by atoms with van der Waals surface area (Å²) in [5.41, 5.74) is 2.90. The number of thioether (sulfide) groups is 1. The van der Waals surface area contributed by atoms with Crippen molar-refractivity contribution in [2.75, 3.05) is 27.4 Å². The van der Waals surface area contributed by atoms with Gasteiger partial charge >= 0.3 is 0 Å². The molecule has 4 heteroatoms. The summed E-state index contributed by atoms with van der Waals surface area (Å²) in [6.45, 7) is 1.87. The topological polar surface area (TPSA) is 30.5 Å².